The van der Waals surface area contributed by atoms with E-state index in [0.717, 1.165) is 4.57 Å². The predicted octanol–water partition coefficient (Wildman–Crippen LogP) is 1.12. The van der Waals surface area contributed by atoms with Gasteiger partial charge in [0.25, 0.3) is 5.56 Å². The summed E-state index contributed by atoms with van der Waals surface area (Å²) in [6.07, 6.45) is -0.979. The van der Waals surface area contributed by atoms with Crippen molar-refractivity contribution in [3.05, 3.63) is 57.1 Å². The molecule has 154 valence electrons. The van der Waals surface area contributed by atoms with E-state index in [1.165, 1.54) is 44.3 Å². The van der Waals surface area contributed by atoms with E-state index in [-0.39, 0.29) is 18.6 Å². The Labute approximate surface area is 164 Å². The Morgan fingerprint density at radius 2 is 1.90 bits per heavy atom. The lowest BCUT2D eigenvalue weighted by Crippen LogP contribution is -2.33. The third kappa shape index (κ3) is 4.77. The molecule has 0 radical (unpaired) electrons. The van der Waals surface area contributed by atoms with E-state index in [9.17, 15) is 23.6 Å². The number of ether oxygens (including phenoxy) is 3. The topological polar surface area (TPSA) is 117 Å². The summed E-state index contributed by atoms with van der Waals surface area (Å²) in [5.41, 5.74) is -0.808. The van der Waals surface area contributed by atoms with Crippen molar-refractivity contribution in [2.24, 2.45) is 0 Å². The quantitative estimate of drug-likeness (QED) is 0.740. The third-order valence-electron chi connectivity index (χ3n) is 4.38. The maximum atomic E-state index is 13.2. The standard InChI is InChI=1S/C19H19FN2O7/c1-10(23)27-9-16-15(28-11(2)24)7-17(29-16)22-8-14(18(25)21-19(22)26)12-3-5-13(20)6-4-12/h3-6,8,15-17H,7,9H2,1-2H3,(H,21,25,26)/t15-,16+,17+/m0/s1. The zero-order valence-corrected chi connectivity index (χ0v) is 15.7. The highest BCUT2D eigenvalue weighted by Gasteiger charge is 2.39. The number of nitrogens with one attached hydrogen (secondary N) is 1. The number of hydrogen-bond acceptors (Lipinski definition) is 7. The van der Waals surface area contributed by atoms with Crippen LogP contribution in [0.15, 0.2) is 40.1 Å². The van der Waals surface area contributed by atoms with E-state index in [0.29, 0.717) is 5.56 Å². The molecule has 1 aromatic heterocycles. The van der Waals surface area contributed by atoms with Crippen LogP contribution >= 0.6 is 0 Å². The summed E-state index contributed by atoms with van der Waals surface area (Å²) < 4.78 is 30.3. The van der Waals surface area contributed by atoms with Crippen molar-refractivity contribution in [2.45, 2.75) is 38.7 Å². The van der Waals surface area contributed by atoms with Gasteiger partial charge in [-0.25, -0.2) is 9.18 Å². The van der Waals surface area contributed by atoms with Crippen LogP contribution in [0.4, 0.5) is 4.39 Å². The van der Waals surface area contributed by atoms with Gasteiger partial charge in [0.1, 0.15) is 30.9 Å². The highest BCUT2D eigenvalue weighted by Crippen LogP contribution is 2.31. The average molecular weight is 406 g/mol. The van der Waals surface area contributed by atoms with Gasteiger partial charge >= 0.3 is 17.6 Å². The zero-order valence-electron chi connectivity index (χ0n) is 15.7. The molecule has 1 N–H and O–H groups in total. The van der Waals surface area contributed by atoms with Gasteiger partial charge in [0.15, 0.2) is 0 Å². The van der Waals surface area contributed by atoms with Crippen LogP contribution in [0, 0.1) is 5.82 Å². The van der Waals surface area contributed by atoms with Crippen LogP contribution in [0.25, 0.3) is 11.1 Å². The first-order chi connectivity index (χ1) is 13.7. The van der Waals surface area contributed by atoms with Crippen LogP contribution in [0.2, 0.25) is 0 Å². The van der Waals surface area contributed by atoms with Crippen LogP contribution in [0.5, 0.6) is 0 Å². The lowest BCUT2D eigenvalue weighted by Gasteiger charge is -2.17. The zero-order chi connectivity index (χ0) is 21.1. The van der Waals surface area contributed by atoms with Gasteiger partial charge in [-0.05, 0) is 17.7 Å². The Bertz CT molecular complexity index is 1030. The van der Waals surface area contributed by atoms with Crippen molar-refractivity contribution in [1.29, 1.82) is 0 Å². The summed E-state index contributed by atoms with van der Waals surface area (Å²) >= 11 is 0. The molecule has 0 amide bonds. The fraction of sp³-hybridized carbons (Fsp3) is 0.368. The Morgan fingerprint density at radius 1 is 1.21 bits per heavy atom. The molecule has 2 heterocycles. The Morgan fingerprint density at radius 3 is 2.52 bits per heavy atom. The predicted molar refractivity (Wildman–Crippen MR) is 97.4 cm³/mol. The number of aromatic nitrogens is 2. The molecular formula is C19H19FN2O7. The van der Waals surface area contributed by atoms with Crippen molar-refractivity contribution >= 4 is 11.9 Å². The lowest BCUT2D eigenvalue weighted by molar-refractivity contribution is -0.155. The highest BCUT2D eigenvalue weighted by atomic mass is 19.1. The van der Waals surface area contributed by atoms with Gasteiger partial charge in [0, 0.05) is 26.5 Å². The smallest absolute Gasteiger partial charge is 0.330 e. The van der Waals surface area contributed by atoms with Gasteiger partial charge in [-0.2, -0.15) is 0 Å². The molecule has 29 heavy (non-hydrogen) atoms. The number of carbonyl (C=O) groups is 2. The second kappa shape index (κ2) is 8.39. The molecule has 0 aliphatic carbocycles. The lowest BCUT2D eigenvalue weighted by atomic mass is 10.1. The molecule has 1 aliphatic rings. The van der Waals surface area contributed by atoms with Crippen LogP contribution in [-0.2, 0) is 23.8 Å². The molecule has 0 spiro atoms. The van der Waals surface area contributed by atoms with Gasteiger partial charge in [-0.1, -0.05) is 12.1 Å². The van der Waals surface area contributed by atoms with Crippen molar-refractivity contribution < 1.29 is 28.2 Å². The van der Waals surface area contributed by atoms with Gasteiger partial charge < -0.3 is 14.2 Å². The first-order valence-corrected chi connectivity index (χ1v) is 8.82. The number of nitrogens with zero attached hydrogens (tertiary/aromatic N) is 1. The molecule has 0 bridgehead atoms. The van der Waals surface area contributed by atoms with Crippen molar-refractivity contribution in [1.82, 2.24) is 9.55 Å². The largest absolute Gasteiger partial charge is 0.463 e. The van der Waals surface area contributed by atoms with Gasteiger partial charge in [0.2, 0.25) is 0 Å². The SMILES string of the molecule is CC(=O)OC[C@H]1O[C@@H](n2cc(-c3ccc(F)cc3)c(=O)[nH]c2=O)C[C@@H]1OC(C)=O. The first kappa shape index (κ1) is 20.5. The number of aromatic amines is 1. The van der Waals surface area contributed by atoms with Crippen LogP contribution in [0.3, 0.4) is 0 Å². The molecular weight excluding hydrogens is 387 g/mol. The van der Waals surface area contributed by atoms with Gasteiger partial charge in [0.05, 0.1) is 5.56 Å². The molecule has 1 fully saturated rings. The number of hydrogen-bond donors (Lipinski definition) is 1. The van der Waals surface area contributed by atoms with E-state index in [2.05, 4.69) is 4.98 Å². The maximum Gasteiger partial charge on any atom is 0.330 e. The average Bonchev–Trinajstić information content (AvgIpc) is 3.03. The van der Waals surface area contributed by atoms with E-state index in [1.54, 1.807) is 0 Å². The number of benzene rings is 1. The van der Waals surface area contributed by atoms with Crippen molar-refractivity contribution in [3.63, 3.8) is 0 Å². The maximum absolute atomic E-state index is 13.2. The summed E-state index contributed by atoms with van der Waals surface area (Å²) in [5.74, 6) is -1.54. The molecule has 2 aromatic rings. The van der Waals surface area contributed by atoms with E-state index in [1.807, 2.05) is 0 Å². The molecule has 1 aliphatic heterocycles. The summed E-state index contributed by atoms with van der Waals surface area (Å²) in [7, 11) is 0. The minimum atomic E-state index is -0.872. The fourth-order valence-electron chi connectivity index (χ4n) is 3.09. The fourth-order valence-corrected chi connectivity index (χ4v) is 3.09. The van der Waals surface area contributed by atoms with E-state index < -0.39 is 47.4 Å². The van der Waals surface area contributed by atoms with E-state index in [4.69, 9.17) is 14.2 Å². The molecule has 3 rings (SSSR count). The Hall–Kier alpha value is -3.27. The Kier molecular flexibility index (Phi) is 5.92. The summed E-state index contributed by atoms with van der Waals surface area (Å²) in [6, 6.07) is 5.22. The monoisotopic (exact) mass is 406 g/mol. The van der Waals surface area contributed by atoms with Crippen molar-refractivity contribution in [3.8, 4) is 11.1 Å². The number of halogens is 1. The van der Waals surface area contributed by atoms with Crippen molar-refractivity contribution in [2.75, 3.05) is 6.61 Å². The first-order valence-electron chi connectivity index (χ1n) is 8.82. The van der Waals surface area contributed by atoms with Crippen LogP contribution in [-0.4, -0.2) is 40.3 Å². The number of rotatable bonds is 5. The highest BCUT2D eigenvalue weighted by molar-refractivity contribution is 5.66. The number of H-pyrrole nitrogens is 1. The van der Waals surface area contributed by atoms with Gasteiger partial charge in [-0.3, -0.25) is 23.9 Å². The molecule has 1 aromatic carbocycles. The minimum Gasteiger partial charge on any atom is -0.463 e. The number of esters is 2. The van der Waals surface area contributed by atoms with Crippen LogP contribution in [0.1, 0.15) is 26.5 Å². The van der Waals surface area contributed by atoms with E-state index >= 15 is 0 Å². The second-order valence-electron chi connectivity index (χ2n) is 6.53. The summed E-state index contributed by atoms with van der Waals surface area (Å²) in [6.45, 7) is 2.30. The summed E-state index contributed by atoms with van der Waals surface area (Å²) in [5, 5.41) is 0. The third-order valence-corrected chi connectivity index (χ3v) is 4.38. The Balaban J connectivity index is 1.92. The molecule has 9 nitrogen and oxygen atoms in total. The molecule has 0 saturated carbocycles. The molecule has 0 unspecified atom stereocenters. The number of carbonyl (C=O) groups excluding carboxylic acids is 2. The molecule has 3 atom stereocenters. The molecule has 1 saturated heterocycles. The molecule has 10 heteroatoms. The minimum absolute atomic E-state index is 0.111. The normalized spacial score (nSPS) is 21.0. The van der Waals surface area contributed by atoms with Crippen LogP contribution < -0.4 is 11.2 Å². The van der Waals surface area contributed by atoms with Gasteiger partial charge in [-0.15, -0.1) is 0 Å². The second-order valence-corrected chi connectivity index (χ2v) is 6.53. The summed E-state index contributed by atoms with van der Waals surface area (Å²) in [4.78, 5) is 49.2.